The normalized spacial score (nSPS) is 10.7. The summed E-state index contributed by atoms with van der Waals surface area (Å²) in [7, 11) is 1.63. The van der Waals surface area contributed by atoms with E-state index in [0.717, 1.165) is 5.75 Å². The molecule has 0 aliphatic rings. The molecule has 0 spiro atoms. The van der Waals surface area contributed by atoms with Crippen molar-refractivity contribution < 1.29 is 13.9 Å². The van der Waals surface area contributed by atoms with Gasteiger partial charge in [0.2, 0.25) is 5.91 Å². The third-order valence-corrected chi connectivity index (χ3v) is 3.42. The molecule has 0 fully saturated rings. The van der Waals surface area contributed by atoms with E-state index in [1.54, 1.807) is 25.2 Å². The third-order valence-electron chi connectivity index (χ3n) is 3.42. The van der Waals surface area contributed by atoms with Crippen LogP contribution in [0.5, 0.6) is 5.75 Å². The Morgan fingerprint density at radius 2 is 2.00 bits per heavy atom. The number of hydrogen-bond donors (Lipinski definition) is 1. The molecule has 3 rings (SSSR count). The quantitative estimate of drug-likeness (QED) is 0.785. The standard InChI is InChI=1S/C17H16N2O4/c1-19-14-8-7-12(11-15(14)23-17(19)21)18-16(20)9-10-22-13-5-3-2-4-6-13/h2-8,11H,9-10H2,1H3,(H,18,20). The lowest BCUT2D eigenvalue weighted by molar-refractivity contribution is -0.116. The molecule has 1 amide bonds. The van der Waals surface area contributed by atoms with Crippen LogP contribution in [0.25, 0.3) is 11.1 Å². The van der Waals surface area contributed by atoms with Crippen LogP contribution < -0.4 is 15.8 Å². The van der Waals surface area contributed by atoms with Gasteiger partial charge in [0, 0.05) is 18.8 Å². The molecule has 1 N–H and O–H groups in total. The van der Waals surface area contributed by atoms with Crippen molar-refractivity contribution in [2.45, 2.75) is 6.42 Å². The lowest BCUT2D eigenvalue weighted by Gasteiger charge is -2.07. The molecule has 0 aliphatic carbocycles. The molecule has 0 aliphatic heterocycles. The maximum absolute atomic E-state index is 11.9. The molecular weight excluding hydrogens is 296 g/mol. The minimum atomic E-state index is -0.431. The minimum Gasteiger partial charge on any atom is -0.493 e. The van der Waals surface area contributed by atoms with Crippen LogP contribution in [0.15, 0.2) is 57.7 Å². The number of aromatic nitrogens is 1. The van der Waals surface area contributed by atoms with Crippen LogP contribution in [0, 0.1) is 0 Å². The number of nitrogens with zero attached hydrogens (tertiary/aromatic N) is 1. The predicted molar refractivity (Wildman–Crippen MR) is 86.6 cm³/mol. The summed E-state index contributed by atoms with van der Waals surface area (Å²) in [4.78, 5) is 23.4. The van der Waals surface area contributed by atoms with E-state index in [1.807, 2.05) is 30.3 Å². The predicted octanol–water partition coefficient (Wildman–Crippen LogP) is 2.54. The van der Waals surface area contributed by atoms with Crippen molar-refractivity contribution in [2.75, 3.05) is 11.9 Å². The number of fused-ring (bicyclic) bond motifs is 1. The second-order valence-electron chi connectivity index (χ2n) is 5.07. The topological polar surface area (TPSA) is 73.5 Å². The summed E-state index contributed by atoms with van der Waals surface area (Å²) < 4.78 is 12.0. The van der Waals surface area contributed by atoms with Gasteiger partial charge < -0.3 is 14.5 Å². The number of aryl methyl sites for hydroxylation is 1. The maximum atomic E-state index is 11.9. The monoisotopic (exact) mass is 312 g/mol. The molecule has 0 radical (unpaired) electrons. The van der Waals surface area contributed by atoms with Crippen LogP contribution in [-0.4, -0.2) is 17.1 Å². The summed E-state index contributed by atoms with van der Waals surface area (Å²) >= 11 is 0. The molecule has 1 heterocycles. The largest absolute Gasteiger partial charge is 0.493 e. The Morgan fingerprint density at radius 3 is 2.78 bits per heavy atom. The summed E-state index contributed by atoms with van der Waals surface area (Å²) in [5.41, 5.74) is 1.70. The highest BCUT2D eigenvalue weighted by Gasteiger charge is 2.08. The third kappa shape index (κ3) is 3.42. The second kappa shape index (κ2) is 6.39. The van der Waals surface area contributed by atoms with Gasteiger partial charge in [-0.1, -0.05) is 18.2 Å². The average Bonchev–Trinajstić information content (AvgIpc) is 2.82. The molecule has 1 aromatic heterocycles. The van der Waals surface area contributed by atoms with Crippen molar-refractivity contribution in [3.8, 4) is 5.75 Å². The van der Waals surface area contributed by atoms with E-state index in [9.17, 15) is 9.59 Å². The van der Waals surface area contributed by atoms with E-state index in [2.05, 4.69) is 5.32 Å². The molecule has 0 unspecified atom stereocenters. The van der Waals surface area contributed by atoms with Gasteiger partial charge in [0.05, 0.1) is 18.5 Å². The molecular formula is C17H16N2O4. The average molecular weight is 312 g/mol. The van der Waals surface area contributed by atoms with Crippen LogP contribution >= 0.6 is 0 Å². The number of rotatable bonds is 5. The van der Waals surface area contributed by atoms with Gasteiger partial charge >= 0.3 is 5.76 Å². The van der Waals surface area contributed by atoms with Crippen molar-refractivity contribution in [2.24, 2.45) is 7.05 Å². The van der Waals surface area contributed by atoms with E-state index >= 15 is 0 Å². The molecule has 6 nitrogen and oxygen atoms in total. The number of nitrogens with one attached hydrogen (secondary N) is 1. The molecule has 0 saturated heterocycles. The van der Waals surface area contributed by atoms with Crippen molar-refractivity contribution in [3.63, 3.8) is 0 Å². The number of carbonyl (C=O) groups excluding carboxylic acids is 1. The van der Waals surface area contributed by atoms with E-state index in [4.69, 9.17) is 9.15 Å². The van der Waals surface area contributed by atoms with Crippen LogP contribution in [0.3, 0.4) is 0 Å². The lowest BCUT2D eigenvalue weighted by atomic mass is 10.2. The van der Waals surface area contributed by atoms with Crippen molar-refractivity contribution in [1.29, 1.82) is 0 Å². The Labute approximate surface area is 132 Å². The summed E-state index contributed by atoms with van der Waals surface area (Å²) in [5, 5.41) is 2.76. The Hall–Kier alpha value is -3.02. The zero-order valence-electron chi connectivity index (χ0n) is 12.6. The number of para-hydroxylation sites is 1. The highest BCUT2D eigenvalue weighted by molar-refractivity contribution is 5.92. The van der Waals surface area contributed by atoms with Crippen LogP contribution in [-0.2, 0) is 11.8 Å². The summed E-state index contributed by atoms with van der Waals surface area (Å²) in [6, 6.07) is 14.4. The van der Waals surface area contributed by atoms with Crippen molar-refractivity contribution in [3.05, 3.63) is 59.1 Å². The Bertz CT molecular complexity index is 880. The van der Waals surface area contributed by atoms with Gasteiger partial charge in [-0.3, -0.25) is 9.36 Å². The molecule has 6 heteroatoms. The minimum absolute atomic E-state index is 0.168. The molecule has 0 atom stereocenters. The first-order valence-corrected chi connectivity index (χ1v) is 7.21. The first kappa shape index (κ1) is 14.9. The van der Waals surface area contributed by atoms with Crippen LogP contribution in [0.1, 0.15) is 6.42 Å². The highest BCUT2D eigenvalue weighted by atomic mass is 16.5. The van der Waals surface area contributed by atoms with Gasteiger partial charge in [0.1, 0.15) is 5.75 Å². The van der Waals surface area contributed by atoms with Gasteiger partial charge in [-0.2, -0.15) is 0 Å². The number of oxazole rings is 1. The number of ether oxygens (including phenoxy) is 1. The van der Waals surface area contributed by atoms with E-state index in [-0.39, 0.29) is 12.3 Å². The summed E-state index contributed by atoms with van der Waals surface area (Å²) in [6.45, 7) is 0.290. The van der Waals surface area contributed by atoms with Crippen molar-refractivity contribution in [1.82, 2.24) is 4.57 Å². The first-order valence-electron chi connectivity index (χ1n) is 7.21. The maximum Gasteiger partial charge on any atom is 0.419 e. The van der Waals surface area contributed by atoms with Gasteiger partial charge in [0.25, 0.3) is 0 Å². The number of anilines is 1. The van der Waals surface area contributed by atoms with Gasteiger partial charge in [-0.25, -0.2) is 4.79 Å². The zero-order chi connectivity index (χ0) is 16.2. The molecule has 0 saturated carbocycles. The SMILES string of the molecule is Cn1c(=O)oc2cc(NC(=O)CCOc3ccccc3)ccc21. The summed E-state index contributed by atoms with van der Waals surface area (Å²) in [5.74, 6) is 0.131. The molecule has 23 heavy (non-hydrogen) atoms. The number of amides is 1. The fourth-order valence-corrected chi connectivity index (χ4v) is 2.21. The van der Waals surface area contributed by atoms with E-state index in [1.165, 1.54) is 4.57 Å². The van der Waals surface area contributed by atoms with Gasteiger partial charge in [-0.15, -0.1) is 0 Å². The molecule has 3 aromatic rings. The lowest BCUT2D eigenvalue weighted by Crippen LogP contribution is -2.15. The van der Waals surface area contributed by atoms with E-state index in [0.29, 0.717) is 23.4 Å². The fourth-order valence-electron chi connectivity index (χ4n) is 2.21. The second-order valence-corrected chi connectivity index (χ2v) is 5.07. The Balaban J connectivity index is 1.58. The van der Waals surface area contributed by atoms with Crippen molar-refractivity contribution >= 4 is 22.7 Å². The van der Waals surface area contributed by atoms with Gasteiger partial charge in [0.15, 0.2) is 5.58 Å². The highest BCUT2D eigenvalue weighted by Crippen LogP contribution is 2.18. The number of benzene rings is 2. The molecule has 2 aromatic carbocycles. The van der Waals surface area contributed by atoms with E-state index < -0.39 is 5.76 Å². The zero-order valence-corrected chi connectivity index (χ0v) is 12.6. The fraction of sp³-hybridized carbons (Fsp3) is 0.176. The molecule has 0 bridgehead atoms. The Kier molecular flexibility index (Phi) is 4.14. The first-order chi connectivity index (χ1) is 11.1. The van der Waals surface area contributed by atoms with Crippen LogP contribution in [0.2, 0.25) is 0 Å². The smallest absolute Gasteiger partial charge is 0.419 e. The molecule has 118 valence electrons. The van der Waals surface area contributed by atoms with Gasteiger partial charge in [-0.05, 0) is 24.3 Å². The Morgan fingerprint density at radius 1 is 1.22 bits per heavy atom. The number of carbonyl (C=O) groups is 1. The van der Waals surface area contributed by atoms with Crippen LogP contribution in [0.4, 0.5) is 5.69 Å². The number of hydrogen-bond acceptors (Lipinski definition) is 4. The summed E-state index contributed by atoms with van der Waals surface area (Å²) in [6.07, 6.45) is 0.228.